The van der Waals surface area contributed by atoms with Crippen LogP contribution in [0.15, 0.2) is 53.6 Å². The van der Waals surface area contributed by atoms with E-state index in [-0.39, 0.29) is 11.5 Å². The molecule has 1 fully saturated rings. The topological polar surface area (TPSA) is 95.7 Å². The Morgan fingerprint density at radius 3 is 2.57 bits per heavy atom. The number of hydrogen-bond acceptors (Lipinski definition) is 6. The van der Waals surface area contributed by atoms with E-state index in [1.807, 2.05) is 53.4 Å². The van der Waals surface area contributed by atoms with Crippen molar-refractivity contribution in [2.24, 2.45) is 0 Å². The number of aromatic nitrogens is 3. The highest BCUT2D eigenvalue weighted by Gasteiger charge is 2.27. The quantitative estimate of drug-likeness (QED) is 0.364. The Morgan fingerprint density at radius 2 is 1.83 bits per heavy atom. The van der Waals surface area contributed by atoms with Crippen molar-refractivity contribution in [3.63, 3.8) is 0 Å². The third kappa shape index (κ3) is 4.22. The summed E-state index contributed by atoms with van der Waals surface area (Å²) in [6.45, 7) is 6.77. The highest BCUT2D eigenvalue weighted by molar-refractivity contribution is 7.89. The van der Waals surface area contributed by atoms with Gasteiger partial charge < -0.3 is 18.6 Å². The highest BCUT2D eigenvalue weighted by atomic mass is 32.2. The Labute approximate surface area is 203 Å². The molecule has 0 saturated carbocycles. The van der Waals surface area contributed by atoms with Crippen LogP contribution in [0.1, 0.15) is 30.0 Å². The lowest BCUT2D eigenvalue weighted by Gasteiger charge is -2.26. The zero-order chi connectivity index (χ0) is 24.6. The number of benzene rings is 2. The highest BCUT2D eigenvalue weighted by Crippen LogP contribution is 2.25. The van der Waals surface area contributed by atoms with Crippen molar-refractivity contribution in [2.45, 2.75) is 38.4 Å². The van der Waals surface area contributed by atoms with Crippen LogP contribution in [0.4, 0.5) is 0 Å². The maximum atomic E-state index is 13.1. The standard InChI is InChI=1S/C25H28N4O5S/c1-3-27-16-20(19-7-5-6-8-22(19)27)25(30)34-17-24-26-21-15-18(9-10-23(21)29(24)4-2)35(31,32)28-11-13-33-14-12-28/h5-10,15-16H,3-4,11-14,17H2,1-2H3. The van der Waals surface area contributed by atoms with Gasteiger partial charge in [0.05, 0.1) is 34.7 Å². The summed E-state index contributed by atoms with van der Waals surface area (Å²) in [4.78, 5) is 17.8. The van der Waals surface area contributed by atoms with Gasteiger partial charge in [-0.2, -0.15) is 4.31 Å². The molecule has 10 heteroatoms. The predicted molar refractivity (Wildman–Crippen MR) is 132 cm³/mol. The van der Waals surface area contributed by atoms with Crippen molar-refractivity contribution in [1.29, 1.82) is 0 Å². The lowest BCUT2D eigenvalue weighted by molar-refractivity contribution is 0.0461. The first kappa shape index (κ1) is 23.5. The molecular formula is C25H28N4O5S. The minimum absolute atomic E-state index is 0.0153. The summed E-state index contributed by atoms with van der Waals surface area (Å²) in [5.74, 6) is 0.148. The monoisotopic (exact) mass is 496 g/mol. The van der Waals surface area contributed by atoms with Crippen molar-refractivity contribution in [1.82, 2.24) is 18.4 Å². The number of hydrogen-bond donors (Lipinski definition) is 0. The average molecular weight is 497 g/mol. The summed E-state index contributed by atoms with van der Waals surface area (Å²) in [7, 11) is -3.63. The van der Waals surface area contributed by atoms with E-state index in [0.717, 1.165) is 23.0 Å². The molecule has 1 aliphatic rings. The van der Waals surface area contributed by atoms with E-state index >= 15 is 0 Å². The summed E-state index contributed by atoms with van der Waals surface area (Å²) in [5.41, 5.74) is 2.84. The van der Waals surface area contributed by atoms with E-state index in [0.29, 0.717) is 49.8 Å². The van der Waals surface area contributed by atoms with Crippen molar-refractivity contribution < 1.29 is 22.7 Å². The molecule has 4 aromatic rings. The number of nitrogens with zero attached hydrogens (tertiary/aromatic N) is 4. The molecule has 0 bridgehead atoms. The van der Waals surface area contributed by atoms with Gasteiger partial charge in [0.1, 0.15) is 12.4 Å². The largest absolute Gasteiger partial charge is 0.454 e. The summed E-state index contributed by atoms with van der Waals surface area (Å²) in [6.07, 6.45) is 1.82. The zero-order valence-electron chi connectivity index (χ0n) is 19.8. The van der Waals surface area contributed by atoms with Crippen LogP contribution >= 0.6 is 0 Å². The number of ether oxygens (including phenoxy) is 2. The SMILES string of the molecule is CCn1cc(C(=O)OCc2nc3cc(S(=O)(=O)N4CCOCC4)ccc3n2CC)c2ccccc21. The van der Waals surface area contributed by atoms with E-state index < -0.39 is 16.0 Å². The van der Waals surface area contributed by atoms with Crippen LogP contribution in [0.5, 0.6) is 0 Å². The van der Waals surface area contributed by atoms with Crippen LogP contribution in [0.3, 0.4) is 0 Å². The van der Waals surface area contributed by atoms with Crippen LogP contribution in [-0.4, -0.2) is 59.1 Å². The number of rotatable bonds is 7. The van der Waals surface area contributed by atoms with Gasteiger partial charge in [-0.25, -0.2) is 18.2 Å². The molecule has 184 valence electrons. The van der Waals surface area contributed by atoms with Crippen molar-refractivity contribution in [2.75, 3.05) is 26.3 Å². The first-order valence-corrected chi connectivity index (χ1v) is 13.2. The third-order valence-corrected chi connectivity index (χ3v) is 8.30. The van der Waals surface area contributed by atoms with Gasteiger partial charge in [-0.15, -0.1) is 0 Å². The maximum absolute atomic E-state index is 13.1. The molecular weight excluding hydrogens is 468 g/mol. The number of imidazole rings is 1. The van der Waals surface area contributed by atoms with Crippen LogP contribution in [0.25, 0.3) is 21.9 Å². The molecule has 2 aromatic heterocycles. The van der Waals surface area contributed by atoms with Crippen LogP contribution in [0.2, 0.25) is 0 Å². The van der Waals surface area contributed by atoms with Crippen LogP contribution in [0, 0.1) is 0 Å². The van der Waals surface area contributed by atoms with Gasteiger partial charge in [-0.05, 0) is 38.1 Å². The smallest absolute Gasteiger partial charge is 0.340 e. The van der Waals surface area contributed by atoms with E-state index in [1.54, 1.807) is 18.2 Å². The molecule has 9 nitrogen and oxygen atoms in total. The van der Waals surface area contributed by atoms with Gasteiger partial charge in [0, 0.05) is 43.3 Å². The number of para-hydroxylation sites is 1. The van der Waals surface area contributed by atoms with Crippen LogP contribution < -0.4 is 0 Å². The molecule has 0 aliphatic carbocycles. The Bertz CT molecular complexity index is 1500. The number of fused-ring (bicyclic) bond motifs is 2. The normalized spacial score (nSPS) is 15.1. The molecule has 1 aliphatic heterocycles. The molecule has 1 saturated heterocycles. The summed E-state index contributed by atoms with van der Waals surface area (Å²) in [5, 5.41) is 0.848. The second-order valence-corrected chi connectivity index (χ2v) is 10.3. The average Bonchev–Trinajstić information content (AvgIpc) is 3.45. The number of esters is 1. The second kappa shape index (κ2) is 9.44. The van der Waals surface area contributed by atoms with Crippen molar-refractivity contribution in [3.05, 3.63) is 60.0 Å². The molecule has 35 heavy (non-hydrogen) atoms. The molecule has 0 unspecified atom stereocenters. The van der Waals surface area contributed by atoms with Gasteiger partial charge in [0.15, 0.2) is 0 Å². The number of aryl methyl sites for hydroxylation is 2. The summed E-state index contributed by atoms with van der Waals surface area (Å²) in [6, 6.07) is 12.7. The second-order valence-electron chi connectivity index (χ2n) is 8.36. The number of morpholine rings is 1. The lowest BCUT2D eigenvalue weighted by Crippen LogP contribution is -2.40. The van der Waals surface area contributed by atoms with E-state index in [9.17, 15) is 13.2 Å². The van der Waals surface area contributed by atoms with Crippen LogP contribution in [-0.2, 0) is 39.2 Å². The molecule has 2 aromatic carbocycles. The fourth-order valence-electron chi connectivity index (χ4n) is 4.60. The fraction of sp³-hybridized carbons (Fsp3) is 0.360. The Balaban J connectivity index is 1.41. The molecule has 0 spiro atoms. The molecule has 5 rings (SSSR count). The van der Waals surface area contributed by atoms with Crippen molar-refractivity contribution in [3.8, 4) is 0 Å². The molecule has 3 heterocycles. The number of sulfonamides is 1. The molecule has 0 N–H and O–H groups in total. The first-order valence-electron chi connectivity index (χ1n) is 11.8. The zero-order valence-corrected chi connectivity index (χ0v) is 20.6. The van der Waals surface area contributed by atoms with E-state index in [4.69, 9.17) is 9.47 Å². The Kier molecular flexibility index (Phi) is 6.35. The Morgan fingerprint density at radius 1 is 1.06 bits per heavy atom. The van der Waals surface area contributed by atoms with Gasteiger partial charge in [0.2, 0.25) is 10.0 Å². The number of carbonyl (C=O) groups excluding carboxylic acids is 1. The molecule has 0 amide bonds. The summed E-state index contributed by atoms with van der Waals surface area (Å²) < 4.78 is 42.5. The third-order valence-electron chi connectivity index (χ3n) is 6.40. The van der Waals surface area contributed by atoms with E-state index in [1.165, 1.54) is 4.31 Å². The first-order chi connectivity index (χ1) is 16.9. The summed E-state index contributed by atoms with van der Waals surface area (Å²) >= 11 is 0. The lowest BCUT2D eigenvalue weighted by atomic mass is 10.2. The fourth-order valence-corrected chi connectivity index (χ4v) is 6.03. The van der Waals surface area contributed by atoms with Gasteiger partial charge in [-0.3, -0.25) is 0 Å². The predicted octanol–water partition coefficient (Wildman–Crippen LogP) is 3.41. The van der Waals surface area contributed by atoms with Gasteiger partial charge >= 0.3 is 5.97 Å². The minimum Gasteiger partial charge on any atom is -0.454 e. The van der Waals surface area contributed by atoms with E-state index in [2.05, 4.69) is 4.98 Å². The maximum Gasteiger partial charge on any atom is 0.340 e. The Hall–Kier alpha value is -3.21. The van der Waals surface area contributed by atoms with Gasteiger partial charge in [0.25, 0.3) is 0 Å². The molecule has 0 atom stereocenters. The number of carbonyl (C=O) groups is 1. The molecule has 0 radical (unpaired) electrons. The van der Waals surface area contributed by atoms with Gasteiger partial charge in [-0.1, -0.05) is 18.2 Å². The van der Waals surface area contributed by atoms with Crippen molar-refractivity contribution >= 4 is 37.9 Å². The minimum atomic E-state index is -3.63.